The Morgan fingerprint density at radius 2 is 1.74 bits per heavy atom. The van der Waals surface area contributed by atoms with E-state index in [0.29, 0.717) is 24.5 Å². The molecule has 0 radical (unpaired) electrons. The fraction of sp³-hybridized carbons (Fsp3) is 0.154. The van der Waals surface area contributed by atoms with E-state index < -0.39 is 11.8 Å². The molecule has 2 aromatic heterocycles. The largest absolute Gasteiger partial charge is 0.467 e. The Bertz CT molecular complexity index is 1200. The summed E-state index contributed by atoms with van der Waals surface area (Å²) in [5.74, 6) is -0.135. The molecule has 174 valence electrons. The van der Waals surface area contributed by atoms with Gasteiger partial charge in [-0.1, -0.05) is 42.5 Å². The first-order valence-electron chi connectivity index (χ1n) is 10.7. The second-order valence-electron chi connectivity index (χ2n) is 7.69. The summed E-state index contributed by atoms with van der Waals surface area (Å²) in [6.45, 7) is 0.779. The fourth-order valence-corrected chi connectivity index (χ4v) is 4.17. The SMILES string of the molecule is O=C(CN(Cc1ccco1)C(=O)Nc1cccc(F)c1)N(Cc1ccccc1)Cc1cccs1. The molecule has 0 spiro atoms. The molecule has 2 heterocycles. The monoisotopic (exact) mass is 477 g/mol. The van der Waals surface area contributed by atoms with Crippen LogP contribution in [0.1, 0.15) is 16.2 Å². The number of carbonyl (C=O) groups excluding carboxylic acids is 2. The molecule has 0 saturated carbocycles. The number of amides is 3. The summed E-state index contributed by atoms with van der Waals surface area (Å²) in [7, 11) is 0. The van der Waals surface area contributed by atoms with Crippen molar-refractivity contribution >= 4 is 29.0 Å². The molecule has 4 rings (SSSR count). The lowest BCUT2D eigenvalue weighted by Gasteiger charge is -2.27. The number of furan rings is 1. The van der Waals surface area contributed by atoms with E-state index in [9.17, 15) is 14.0 Å². The number of urea groups is 1. The van der Waals surface area contributed by atoms with Gasteiger partial charge in [-0.2, -0.15) is 0 Å². The van der Waals surface area contributed by atoms with E-state index in [0.717, 1.165) is 10.4 Å². The number of rotatable bonds is 9. The summed E-state index contributed by atoms with van der Waals surface area (Å²) in [6.07, 6.45) is 1.51. The lowest BCUT2D eigenvalue weighted by atomic mass is 10.2. The summed E-state index contributed by atoms with van der Waals surface area (Å²) in [5, 5.41) is 4.64. The van der Waals surface area contributed by atoms with E-state index in [1.807, 2.05) is 47.8 Å². The number of hydrogen-bond acceptors (Lipinski definition) is 4. The van der Waals surface area contributed by atoms with E-state index in [4.69, 9.17) is 4.42 Å². The van der Waals surface area contributed by atoms with Crippen molar-refractivity contribution < 1.29 is 18.4 Å². The Balaban J connectivity index is 1.52. The fourth-order valence-electron chi connectivity index (χ4n) is 3.45. The summed E-state index contributed by atoms with van der Waals surface area (Å²) >= 11 is 1.57. The van der Waals surface area contributed by atoms with Crippen LogP contribution in [0.2, 0.25) is 0 Å². The van der Waals surface area contributed by atoms with E-state index in [1.165, 1.54) is 29.4 Å². The van der Waals surface area contributed by atoms with Crippen LogP contribution in [0.25, 0.3) is 0 Å². The highest BCUT2D eigenvalue weighted by Crippen LogP contribution is 2.17. The molecule has 0 atom stereocenters. The van der Waals surface area contributed by atoms with Gasteiger partial charge in [0.2, 0.25) is 5.91 Å². The van der Waals surface area contributed by atoms with Crippen molar-refractivity contribution in [3.05, 3.63) is 113 Å². The number of halogens is 1. The van der Waals surface area contributed by atoms with Gasteiger partial charge in [-0.05, 0) is 47.3 Å². The van der Waals surface area contributed by atoms with Gasteiger partial charge in [-0.15, -0.1) is 11.3 Å². The minimum Gasteiger partial charge on any atom is -0.467 e. The van der Waals surface area contributed by atoms with Crippen LogP contribution in [0.4, 0.5) is 14.9 Å². The van der Waals surface area contributed by atoms with Gasteiger partial charge in [0.1, 0.15) is 18.1 Å². The van der Waals surface area contributed by atoms with Crippen LogP contribution in [0, 0.1) is 5.82 Å². The Morgan fingerprint density at radius 1 is 0.882 bits per heavy atom. The lowest BCUT2D eigenvalue weighted by Crippen LogP contribution is -2.43. The number of benzene rings is 2. The maximum absolute atomic E-state index is 13.6. The Morgan fingerprint density at radius 3 is 2.44 bits per heavy atom. The highest BCUT2D eigenvalue weighted by molar-refractivity contribution is 7.09. The molecule has 0 saturated heterocycles. The lowest BCUT2D eigenvalue weighted by molar-refractivity contribution is -0.133. The van der Waals surface area contributed by atoms with E-state index >= 15 is 0 Å². The van der Waals surface area contributed by atoms with Crippen LogP contribution < -0.4 is 5.32 Å². The Kier molecular flexibility index (Phi) is 7.72. The molecule has 6 nitrogen and oxygen atoms in total. The van der Waals surface area contributed by atoms with Gasteiger partial charge in [-0.3, -0.25) is 4.79 Å². The normalized spacial score (nSPS) is 10.6. The van der Waals surface area contributed by atoms with Gasteiger partial charge in [0.25, 0.3) is 0 Å². The van der Waals surface area contributed by atoms with Crippen molar-refractivity contribution in [2.75, 3.05) is 11.9 Å². The predicted molar refractivity (Wildman–Crippen MR) is 130 cm³/mol. The van der Waals surface area contributed by atoms with Crippen LogP contribution >= 0.6 is 11.3 Å². The molecule has 0 aliphatic rings. The smallest absolute Gasteiger partial charge is 0.322 e. The van der Waals surface area contributed by atoms with Crippen LogP contribution in [0.5, 0.6) is 0 Å². The number of anilines is 1. The standard InChI is InChI=1S/C26H24FN3O3S/c27-21-9-4-10-22(15-21)28-26(32)30(17-23-11-5-13-33-23)19-25(31)29(18-24-12-6-14-34-24)16-20-7-2-1-3-8-20/h1-15H,16-19H2,(H,28,32). The molecular formula is C26H24FN3O3S. The molecule has 2 aromatic carbocycles. The van der Waals surface area contributed by atoms with Gasteiger partial charge >= 0.3 is 6.03 Å². The van der Waals surface area contributed by atoms with Gasteiger partial charge in [-0.25, -0.2) is 9.18 Å². The molecular weight excluding hydrogens is 453 g/mol. The van der Waals surface area contributed by atoms with Gasteiger partial charge in [0.05, 0.1) is 19.4 Å². The van der Waals surface area contributed by atoms with Crippen molar-refractivity contribution in [3.8, 4) is 0 Å². The third-order valence-corrected chi connectivity index (χ3v) is 5.97. The van der Waals surface area contributed by atoms with E-state index in [1.54, 1.807) is 34.4 Å². The first-order chi connectivity index (χ1) is 16.6. The molecule has 3 amide bonds. The van der Waals surface area contributed by atoms with Gasteiger partial charge < -0.3 is 19.5 Å². The average Bonchev–Trinajstić information content (AvgIpc) is 3.53. The van der Waals surface area contributed by atoms with Crippen molar-refractivity contribution in [2.45, 2.75) is 19.6 Å². The maximum Gasteiger partial charge on any atom is 0.322 e. The van der Waals surface area contributed by atoms with Crippen LogP contribution in [-0.4, -0.2) is 28.3 Å². The summed E-state index contributed by atoms with van der Waals surface area (Å²) in [5.41, 5.74) is 1.30. The summed E-state index contributed by atoms with van der Waals surface area (Å²) in [6, 6.07) is 22.2. The molecule has 8 heteroatoms. The molecule has 4 aromatic rings. The minimum atomic E-state index is -0.522. The topological polar surface area (TPSA) is 65.8 Å². The van der Waals surface area contributed by atoms with Gasteiger partial charge in [0.15, 0.2) is 0 Å². The highest BCUT2D eigenvalue weighted by atomic mass is 32.1. The van der Waals surface area contributed by atoms with Crippen molar-refractivity contribution in [2.24, 2.45) is 0 Å². The predicted octanol–water partition coefficient (Wildman–Crippen LogP) is 5.74. The van der Waals surface area contributed by atoms with Crippen molar-refractivity contribution in [3.63, 3.8) is 0 Å². The molecule has 0 bridgehead atoms. The number of hydrogen-bond donors (Lipinski definition) is 1. The Labute approximate surface area is 201 Å². The van der Waals surface area contributed by atoms with Crippen LogP contribution in [-0.2, 0) is 24.4 Å². The molecule has 1 N–H and O–H groups in total. The van der Waals surface area contributed by atoms with E-state index in [-0.39, 0.29) is 19.0 Å². The third-order valence-electron chi connectivity index (χ3n) is 5.11. The van der Waals surface area contributed by atoms with Gasteiger partial charge in [0, 0.05) is 17.1 Å². The number of thiophene rings is 1. The van der Waals surface area contributed by atoms with E-state index in [2.05, 4.69) is 5.32 Å². The molecule has 0 aliphatic carbocycles. The minimum absolute atomic E-state index is 0.0953. The molecule has 0 fully saturated rings. The third kappa shape index (κ3) is 6.55. The Hall–Kier alpha value is -3.91. The number of nitrogens with one attached hydrogen (secondary N) is 1. The van der Waals surface area contributed by atoms with Crippen molar-refractivity contribution in [1.82, 2.24) is 9.80 Å². The van der Waals surface area contributed by atoms with Crippen LogP contribution in [0.15, 0.2) is 94.9 Å². The number of carbonyl (C=O) groups is 2. The van der Waals surface area contributed by atoms with Crippen LogP contribution in [0.3, 0.4) is 0 Å². The summed E-state index contributed by atoms with van der Waals surface area (Å²) < 4.78 is 19.0. The quantitative estimate of drug-likeness (QED) is 0.334. The highest BCUT2D eigenvalue weighted by Gasteiger charge is 2.23. The zero-order valence-corrected chi connectivity index (χ0v) is 19.2. The average molecular weight is 478 g/mol. The molecule has 0 unspecified atom stereocenters. The zero-order chi connectivity index (χ0) is 23.8. The van der Waals surface area contributed by atoms with Crippen molar-refractivity contribution in [1.29, 1.82) is 0 Å². The summed E-state index contributed by atoms with van der Waals surface area (Å²) in [4.78, 5) is 30.6. The maximum atomic E-state index is 13.6. The first kappa shape index (κ1) is 23.3. The molecule has 0 aliphatic heterocycles. The second kappa shape index (κ2) is 11.3. The zero-order valence-electron chi connectivity index (χ0n) is 18.4. The first-order valence-corrected chi connectivity index (χ1v) is 11.6. The second-order valence-corrected chi connectivity index (χ2v) is 8.72. The number of nitrogens with zero attached hydrogens (tertiary/aromatic N) is 2. The molecule has 34 heavy (non-hydrogen) atoms.